The van der Waals surface area contributed by atoms with E-state index >= 15 is 0 Å². The minimum absolute atomic E-state index is 0.00235. The molecule has 0 atom stereocenters. The normalized spacial score (nSPS) is 11.0. The summed E-state index contributed by atoms with van der Waals surface area (Å²) < 4.78 is 2.79. The van der Waals surface area contributed by atoms with Gasteiger partial charge in [-0.05, 0) is 36.8 Å². The van der Waals surface area contributed by atoms with Gasteiger partial charge in [-0.3, -0.25) is 4.79 Å². The highest BCUT2D eigenvalue weighted by Gasteiger charge is 1.99. The molecule has 0 aliphatic heterocycles. The van der Waals surface area contributed by atoms with Gasteiger partial charge in [-0.2, -0.15) is 0 Å². The lowest BCUT2D eigenvalue weighted by atomic mass is 10.2. The van der Waals surface area contributed by atoms with E-state index in [1.807, 2.05) is 30.5 Å². The van der Waals surface area contributed by atoms with E-state index in [0.717, 1.165) is 10.0 Å². The van der Waals surface area contributed by atoms with Crippen LogP contribution in [0.4, 0.5) is 0 Å². The molecule has 0 radical (unpaired) electrons. The third-order valence-electron chi connectivity index (χ3n) is 2.30. The summed E-state index contributed by atoms with van der Waals surface area (Å²) in [5.74, 6) is -0.00235. The van der Waals surface area contributed by atoms with Gasteiger partial charge in [0.2, 0.25) is 0 Å². The monoisotopic (exact) mass is 305 g/mol. The molecular formula is C13H12BrN3O. The minimum Gasteiger partial charge on any atom is -0.295 e. The second-order valence-corrected chi connectivity index (χ2v) is 4.83. The molecule has 0 saturated carbocycles. The van der Waals surface area contributed by atoms with Gasteiger partial charge in [0.15, 0.2) is 5.78 Å². The van der Waals surface area contributed by atoms with E-state index in [4.69, 9.17) is 0 Å². The third-order valence-corrected chi connectivity index (χ3v) is 2.83. The van der Waals surface area contributed by atoms with Gasteiger partial charge in [-0.25, -0.2) is 4.68 Å². The fourth-order valence-corrected chi connectivity index (χ4v) is 1.71. The van der Waals surface area contributed by atoms with Crippen molar-refractivity contribution in [2.75, 3.05) is 0 Å². The average molecular weight is 306 g/mol. The molecular weight excluding hydrogens is 294 g/mol. The Morgan fingerprint density at radius 3 is 2.78 bits per heavy atom. The third kappa shape index (κ3) is 3.63. The van der Waals surface area contributed by atoms with Crippen LogP contribution in [0.15, 0.2) is 41.0 Å². The van der Waals surface area contributed by atoms with Crippen LogP contribution in [0, 0.1) is 0 Å². The second kappa shape index (κ2) is 5.73. The number of ketones is 1. The summed E-state index contributed by atoms with van der Waals surface area (Å²) in [7, 11) is 0. The van der Waals surface area contributed by atoms with Gasteiger partial charge in [-0.1, -0.05) is 33.3 Å². The van der Waals surface area contributed by atoms with Crippen LogP contribution in [-0.2, 0) is 11.3 Å². The molecule has 4 nitrogen and oxygen atoms in total. The number of hydrogen-bond donors (Lipinski definition) is 0. The Morgan fingerprint density at radius 1 is 1.39 bits per heavy atom. The van der Waals surface area contributed by atoms with Crippen molar-refractivity contribution in [3.05, 3.63) is 52.3 Å². The average Bonchev–Trinajstić information content (AvgIpc) is 2.77. The Hall–Kier alpha value is -1.75. The zero-order valence-electron chi connectivity index (χ0n) is 9.88. The van der Waals surface area contributed by atoms with Crippen molar-refractivity contribution >= 4 is 27.8 Å². The zero-order valence-corrected chi connectivity index (χ0v) is 11.5. The summed E-state index contributed by atoms with van der Waals surface area (Å²) in [4.78, 5) is 10.8. The first-order valence-corrected chi connectivity index (χ1v) is 6.26. The predicted molar refractivity (Wildman–Crippen MR) is 73.0 cm³/mol. The summed E-state index contributed by atoms with van der Waals surface area (Å²) >= 11 is 3.39. The van der Waals surface area contributed by atoms with E-state index in [9.17, 15) is 4.79 Å². The number of carbonyl (C=O) groups is 1. The molecule has 18 heavy (non-hydrogen) atoms. The number of allylic oxidation sites excluding steroid dienone is 1. The number of nitrogens with zero attached hydrogens (tertiary/aromatic N) is 3. The maximum atomic E-state index is 10.8. The minimum atomic E-state index is -0.00235. The molecule has 0 saturated heterocycles. The molecule has 1 aromatic heterocycles. The number of carbonyl (C=O) groups excluding carboxylic acids is 1. The van der Waals surface area contributed by atoms with Crippen LogP contribution >= 0.6 is 15.9 Å². The summed E-state index contributed by atoms with van der Waals surface area (Å²) in [5, 5.41) is 7.97. The lowest BCUT2D eigenvalue weighted by Gasteiger charge is -2.00. The van der Waals surface area contributed by atoms with Crippen molar-refractivity contribution in [3.8, 4) is 0 Å². The summed E-state index contributed by atoms with van der Waals surface area (Å²) in [5.41, 5.74) is 1.83. The van der Waals surface area contributed by atoms with Crippen molar-refractivity contribution < 1.29 is 4.79 Å². The maximum absolute atomic E-state index is 10.8. The van der Waals surface area contributed by atoms with Crippen LogP contribution in [0.2, 0.25) is 0 Å². The Kier molecular flexibility index (Phi) is 4.04. The smallest absolute Gasteiger partial charge is 0.152 e. The molecule has 0 fully saturated rings. The van der Waals surface area contributed by atoms with Crippen molar-refractivity contribution in [1.29, 1.82) is 0 Å². The molecule has 0 amide bonds. The van der Waals surface area contributed by atoms with Gasteiger partial charge >= 0.3 is 0 Å². The molecule has 0 aliphatic rings. The van der Waals surface area contributed by atoms with Crippen LogP contribution < -0.4 is 0 Å². The molecule has 0 aliphatic carbocycles. The second-order valence-electron chi connectivity index (χ2n) is 3.91. The largest absolute Gasteiger partial charge is 0.295 e. The van der Waals surface area contributed by atoms with Crippen LogP contribution in [-0.4, -0.2) is 20.8 Å². The summed E-state index contributed by atoms with van der Waals surface area (Å²) in [6.07, 6.45) is 4.95. The lowest BCUT2D eigenvalue weighted by Crippen LogP contribution is -1.99. The SMILES string of the molecule is CC(=O)/C=C/c1cn(Cc2ccc(Br)cc2)nn1. The van der Waals surface area contributed by atoms with E-state index in [0.29, 0.717) is 12.2 Å². The zero-order chi connectivity index (χ0) is 13.0. The molecule has 92 valence electrons. The first kappa shape index (κ1) is 12.7. The first-order valence-electron chi connectivity index (χ1n) is 5.47. The molecule has 1 heterocycles. The van der Waals surface area contributed by atoms with Crippen molar-refractivity contribution in [2.45, 2.75) is 13.5 Å². The molecule has 0 bridgehead atoms. The van der Waals surface area contributed by atoms with Gasteiger partial charge in [0.25, 0.3) is 0 Å². The molecule has 0 unspecified atom stereocenters. The fourth-order valence-electron chi connectivity index (χ4n) is 1.45. The quantitative estimate of drug-likeness (QED) is 0.816. The topological polar surface area (TPSA) is 47.8 Å². The van der Waals surface area contributed by atoms with Gasteiger partial charge in [-0.15, -0.1) is 5.10 Å². The van der Waals surface area contributed by atoms with Crippen LogP contribution in [0.25, 0.3) is 6.08 Å². The van der Waals surface area contributed by atoms with E-state index < -0.39 is 0 Å². The highest BCUT2D eigenvalue weighted by Crippen LogP contribution is 2.11. The van der Waals surface area contributed by atoms with Crippen molar-refractivity contribution in [3.63, 3.8) is 0 Å². The summed E-state index contributed by atoms with van der Waals surface area (Å²) in [6, 6.07) is 8.03. The molecule has 2 aromatic rings. The van der Waals surface area contributed by atoms with Crippen molar-refractivity contribution in [2.24, 2.45) is 0 Å². The molecule has 1 aromatic carbocycles. The molecule has 0 N–H and O–H groups in total. The van der Waals surface area contributed by atoms with Gasteiger partial charge in [0, 0.05) is 4.47 Å². The fraction of sp³-hybridized carbons (Fsp3) is 0.154. The number of benzene rings is 1. The highest BCUT2D eigenvalue weighted by atomic mass is 79.9. The maximum Gasteiger partial charge on any atom is 0.152 e. The molecule has 0 spiro atoms. The molecule has 5 heteroatoms. The van der Waals surface area contributed by atoms with E-state index in [1.165, 1.54) is 13.0 Å². The number of hydrogen-bond acceptors (Lipinski definition) is 3. The standard InChI is InChI=1S/C13H12BrN3O/c1-10(18)2-7-13-9-17(16-15-13)8-11-3-5-12(14)6-4-11/h2-7,9H,8H2,1H3/b7-2+. The Labute approximate surface area is 113 Å². The predicted octanol–water partition coefficient (Wildman–Crippen LogP) is 2.69. The first-order chi connectivity index (χ1) is 8.63. The van der Waals surface area contributed by atoms with Crippen LogP contribution in [0.3, 0.4) is 0 Å². The molecule has 2 rings (SSSR count). The van der Waals surface area contributed by atoms with Gasteiger partial charge in [0.1, 0.15) is 5.69 Å². The van der Waals surface area contributed by atoms with E-state index in [2.05, 4.69) is 26.2 Å². The van der Waals surface area contributed by atoms with E-state index in [-0.39, 0.29) is 5.78 Å². The Bertz CT molecular complexity index is 572. The van der Waals surface area contributed by atoms with Crippen LogP contribution in [0.1, 0.15) is 18.2 Å². The highest BCUT2D eigenvalue weighted by molar-refractivity contribution is 9.10. The number of rotatable bonds is 4. The summed E-state index contributed by atoms with van der Waals surface area (Å²) in [6.45, 7) is 2.16. The Balaban J connectivity index is 2.06. The number of aromatic nitrogens is 3. The Morgan fingerprint density at radius 2 is 2.11 bits per heavy atom. The van der Waals surface area contributed by atoms with E-state index in [1.54, 1.807) is 10.8 Å². The van der Waals surface area contributed by atoms with Crippen LogP contribution in [0.5, 0.6) is 0 Å². The van der Waals surface area contributed by atoms with Crippen molar-refractivity contribution in [1.82, 2.24) is 15.0 Å². The number of halogens is 1. The van der Waals surface area contributed by atoms with Gasteiger partial charge in [0.05, 0.1) is 12.7 Å². The van der Waals surface area contributed by atoms with Gasteiger partial charge < -0.3 is 0 Å². The lowest BCUT2D eigenvalue weighted by molar-refractivity contribution is -0.112.